The number of amides is 1. The molecule has 0 radical (unpaired) electrons. The van der Waals surface area contributed by atoms with E-state index in [1.807, 2.05) is 0 Å². The van der Waals surface area contributed by atoms with E-state index in [0.717, 1.165) is 12.8 Å². The van der Waals surface area contributed by atoms with Crippen LogP contribution >= 0.6 is 11.8 Å². The van der Waals surface area contributed by atoms with Gasteiger partial charge in [0.2, 0.25) is 0 Å². The van der Waals surface area contributed by atoms with Crippen LogP contribution in [0.2, 0.25) is 0 Å². The normalized spacial score (nSPS) is 21.5. The number of para-hydroxylation sites is 1. The summed E-state index contributed by atoms with van der Waals surface area (Å²) in [6.07, 6.45) is 1.46. The smallest absolute Gasteiger partial charge is 0.415 e. The van der Waals surface area contributed by atoms with Gasteiger partial charge in [-0.15, -0.1) is 11.8 Å². The number of carboxylic acids is 1. The minimum absolute atomic E-state index is 0.261. The second-order valence-electron chi connectivity index (χ2n) is 6.82. The summed E-state index contributed by atoms with van der Waals surface area (Å²) in [5.41, 5.74) is -0.652. The summed E-state index contributed by atoms with van der Waals surface area (Å²) in [4.78, 5) is 30.2. The van der Waals surface area contributed by atoms with E-state index >= 15 is 0 Å². The van der Waals surface area contributed by atoms with Crippen molar-refractivity contribution >= 4 is 28.9 Å². The Morgan fingerprint density at radius 2 is 2.04 bits per heavy atom. The minimum atomic E-state index is -1.21. The fourth-order valence-electron chi connectivity index (χ4n) is 2.93. The standard InChI is InChI=1S/C19H24N2O6S/c1-19(17(22)23)12-28-16(20-19)13-6-5-7-14(26-11-10-25-2)15(13)27-18(24)21-8-3-4-9-21/h5-7H,3-4,8-12H2,1-2H3,(H,22,23)/t19-/m1/s1. The summed E-state index contributed by atoms with van der Waals surface area (Å²) >= 11 is 1.33. The van der Waals surface area contributed by atoms with Crippen LogP contribution in [0.3, 0.4) is 0 Å². The monoisotopic (exact) mass is 408 g/mol. The van der Waals surface area contributed by atoms with Gasteiger partial charge in [0.1, 0.15) is 11.7 Å². The Balaban J connectivity index is 1.93. The molecule has 3 rings (SSSR count). The lowest BCUT2D eigenvalue weighted by Crippen LogP contribution is -2.33. The minimum Gasteiger partial charge on any atom is -0.487 e. The molecular formula is C19H24N2O6S. The molecule has 1 aromatic rings. The quantitative estimate of drug-likeness (QED) is 0.693. The predicted octanol–water partition coefficient (Wildman–Crippen LogP) is 2.64. The van der Waals surface area contributed by atoms with Crippen LogP contribution in [0.25, 0.3) is 0 Å². The van der Waals surface area contributed by atoms with Crippen molar-refractivity contribution in [1.82, 2.24) is 4.90 Å². The number of rotatable bonds is 7. The molecule has 1 N–H and O–H groups in total. The number of aliphatic imine (C=N–C) groups is 1. The number of likely N-dealkylation sites (tertiary alicyclic amines) is 1. The number of methoxy groups -OCH3 is 1. The molecule has 2 aliphatic rings. The van der Waals surface area contributed by atoms with E-state index < -0.39 is 17.6 Å². The largest absolute Gasteiger partial charge is 0.487 e. The van der Waals surface area contributed by atoms with E-state index in [2.05, 4.69) is 4.99 Å². The first-order chi connectivity index (χ1) is 13.4. The molecule has 28 heavy (non-hydrogen) atoms. The van der Waals surface area contributed by atoms with Crippen molar-refractivity contribution in [1.29, 1.82) is 0 Å². The molecule has 1 saturated heterocycles. The van der Waals surface area contributed by atoms with Crippen LogP contribution in [0, 0.1) is 0 Å². The molecule has 8 nitrogen and oxygen atoms in total. The summed E-state index contributed by atoms with van der Waals surface area (Å²) in [6, 6.07) is 5.24. The number of hydrogen-bond donors (Lipinski definition) is 1. The fraction of sp³-hybridized carbons (Fsp3) is 0.526. The van der Waals surface area contributed by atoms with Gasteiger partial charge in [0.05, 0.1) is 12.2 Å². The maximum Gasteiger partial charge on any atom is 0.415 e. The zero-order valence-corrected chi connectivity index (χ0v) is 16.8. The summed E-state index contributed by atoms with van der Waals surface area (Å²) in [5, 5.41) is 9.96. The Bertz CT molecular complexity index is 778. The maximum atomic E-state index is 12.6. The SMILES string of the molecule is COCCOc1cccc(C2=N[C@@](C)(C(=O)O)CS2)c1OC(=O)N1CCCC1. The van der Waals surface area contributed by atoms with Crippen LogP contribution < -0.4 is 9.47 Å². The van der Waals surface area contributed by atoms with Gasteiger partial charge in [-0.05, 0) is 31.9 Å². The lowest BCUT2D eigenvalue weighted by molar-refractivity contribution is -0.141. The fourth-order valence-corrected chi connectivity index (χ4v) is 4.12. The third-order valence-electron chi connectivity index (χ3n) is 4.61. The zero-order valence-electron chi connectivity index (χ0n) is 16.0. The van der Waals surface area contributed by atoms with Gasteiger partial charge in [-0.25, -0.2) is 9.59 Å². The van der Waals surface area contributed by atoms with E-state index in [9.17, 15) is 14.7 Å². The molecule has 1 fully saturated rings. The molecule has 0 aromatic heterocycles. The highest BCUT2D eigenvalue weighted by Crippen LogP contribution is 2.39. The number of nitrogens with zero attached hydrogens (tertiary/aromatic N) is 2. The number of hydrogen-bond acceptors (Lipinski definition) is 7. The molecular weight excluding hydrogens is 384 g/mol. The predicted molar refractivity (Wildman–Crippen MR) is 106 cm³/mol. The zero-order chi connectivity index (χ0) is 20.1. The van der Waals surface area contributed by atoms with Gasteiger partial charge in [0.25, 0.3) is 0 Å². The summed E-state index contributed by atoms with van der Waals surface area (Å²) < 4.78 is 16.5. The molecule has 1 atom stereocenters. The number of carbonyl (C=O) groups is 2. The molecule has 0 bridgehead atoms. The third kappa shape index (κ3) is 4.41. The van der Waals surface area contributed by atoms with Crippen molar-refractivity contribution in [2.45, 2.75) is 25.3 Å². The molecule has 2 aliphatic heterocycles. The van der Waals surface area contributed by atoms with Gasteiger partial charge in [0.15, 0.2) is 17.0 Å². The molecule has 1 aromatic carbocycles. The molecule has 9 heteroatoms. The Hall–Kier alpha value is -2.26. The summed E-state index contributed by atoms with van der Waals surface area (Å²) in [5.74, 6) is -0.0183. The number of aliphatic carboxylic acids is 1. The second-order valence-corrected chi connectivity index (χ2v) is 7.78. The van der Waals surface area contributed by atoms with Crippen LogP contribution in [-0.2, 0) is 9.53 Å². The van der Waals surface area contributed by atoms with Crippen molar-refractivity contribution in [2.75, 3.05) is 39.2 Å². The van der Waals surface area contributed by atoms with Crippen molar-refractivity contribution in [3.05, 3.63) is 23.8 Å². The van der Waals surface area contributed by atoms with Crippen LogP contribution in [0.5, 0.6) is 11.5 Å². The Kier molecular flexibility index (Phi) is 6.46. The molecule has 0 saturated carbocycles. The first kappa shape index (κ1) is 20.5. The van der Waals surface area contributed by atoms with Gasteiger partial charge in [-0.1, -0.05) is 6.07 Å². The third-order valence-corrected chi connectivity index (χ3v) is 5.90. The van der Waals surface area contributed by atoms with Crippen molar-refractivity contribution in [2.24, 2.45) is 4.99 Å². The van der Waals surface area contributed by atoms with E-state index in [4.69, 9.17) is 14.2 Å². The van der Waals surface area contributed by atoms with Crippen molar-refractivity contribution in [3.63, 3.8) is 0 Å². The maximum absolute atomic E-state index is 12.6. The van der Waals surface area contributed by atoms with E-state index in [0.29, 0.717) is 48.4 Å². The van der Waals surface area contributed by atoms with Crippen LogP contribution in [0.15, 0.2) is 23.2 Å². The van der Waals surface area contributed by atoms with Crippen molar-refractivity contribution in [3.8, 4) is 11.5 Å². The first-order valence-electron chi connectivity index (χ1n) is 9.12. The molecule has 152 valence electrons. The number of thioether (sulfide) groups is 1. The topological polar surface area (TPSA) is 97.7 Å². The summed E-state index contributed by atoms with van der Waals surface area (Å²) in [7, 11) is 1.57. The van der Waals surface area contributed by atoms with Crippen LogP contribution in [0.1, 0.15) is 25.3 Å². The van der Waals surface area contributed by atoms with Gasteiger partial charge >= 0.3 is 12.1 Å². The Morgan fingerprint density at radius 1 is 1.29 bits per heavy atom. The highest BCUT2D eigenvalue weighted by Gasteiger charge is 2.39. The molecule has 0 spiro atoms. The first-order valence-corrected chi connectivity index (χ1v) is 10.1. The van der Waals surface area contributed by atoms with Gasteiger partial charge in [0, 0.05) is 26.0 Å². The number of ether oxygens (including phenoxy) is 3. The highest BCUT2D eigenvalue weighted by molar-refractivity contribution is 8.14. The van der Waals surface area contributed by atoms with Gasteiger partial charge in [-0.3, -0.25) is 4.99 Å². The van der Waals surface area contributed by atoms with E-state index in [1.165, 1.54) is 11.8 Å². The summed E-state index contributed by atoms with van der Waals surface area (Å²) in [6.45, 7) is 3.57. The molecule has 1 amide bonds. The average Bonchev–Trinajstić information content (AvgIpc) is 3.34. The number of carboxylic acid groups (broad SMARTS) is 1. The van der Waals surface area contributed by atoms with Crippen LogP contribution in [-0.4, -0.2) is 71.8 Å². The Morgan fingerprint density at radius 3 is 2.68 bits per heavy atom. The van der Waals surface area contributed by atoms with Gasteiger partial charge in [-0.2, -0.15) is 0 Å². The number of carbonyl (C=O) groups excluding carboxylic acids is 1. The van der Waals surface area contributed by atoms with Crippen LogP contribution in [0.4, 0.5) is 4.79 Å². The average molecular weight is 408 g/mol. The lowest BCUT2D eigenvalue weighted by atomic mass is 10.1. The lowest BCUT2D eigenvalue weighted by Gasteiger charge is -2.19. The van der Waals surface area contributed by atoms with Gasteiger partial charge < -0.3 is 24.2 Å². The van der Waals surface area contributed by atoms with E-state index in [-0.39, 0.29) is 5.75 Å². The Labute approximate surface area is 167 Å². The second kappa shape index (κ2) is 8.83. The molecule has 0 aliphatic carbocycles. The van der Waals surface area contributed by atoms with Crippen molar-refractivity contribution < 1.29 is 28.9 Å². The molecule has 2 heterocycles. The molecule has 0 unspecified atom stereocenters. The van der Waals surface area contributed by atoms with E-state index in [1.54, 1.807) is 37.1 Å². The number of benzene rings is 1. The highest BCUT2D eigenvalue weighted by atomic mass is 32.2.